The average molecular weight is 513 g/mol. The van der Waals surface area contributed by atoms with Crippen LogP contribution in [0.1, 0.15) is 12.0 Å². The Kier molecular flexibility index (Phi) is 9.77. The van der Waals surface area contributed by atoms with Crippen LogP contribution in [-0.4, -0.2) is 49.0 Å². The molecule has 0 unspecified atom stereocenters. The zero-order chi connectivity index (χ0) is 25.0. The first-order valence-electron chi connectivity index (χ1n) is 10.4. The van der Waals surface area contributed by atoms with E-state index in [1.165, 1.54) is 24.9 Å². The second-order valence-corrected chi connectivity index (χ2v) is 8.37. The summed E-state index contributed by atoms with van der Waals surface area (Å²) in [6.07, 6.45) is 3.98. The Morgan fingerprint density at radius 3 is 2.49 bits per heavy atom. The highest BCUT2D eigenvalue weighted by atomic mass is 32.2. The van der Waals surface area contributed by atoms with E-state index in [2.05, 4.69) is 14.7 Å². The molecular formula is C24H24N4O5S2. The van der Waals surface area contributed by atoms with Gasteiger partial charge >= 0.3 is 0 Å². The maximum atomic E-state index is 12.5. The van der Waals surface area contributed by atoms with E-state index in [4.69, 9.17) is 18.9 Å². The highest BCUT2D eigenvalue weighted by Crippen LogP contribution is 2.29. The lowest BCUT2D eigenvalue weighted by molar-refractivity contribution is -0.112. The molecule has 0 aliphatic carbocycles. The predicted molar refractivity (Wildman–Crippen MR) is 136 cm³/mol. The molecule has 35 heavy (non-hydrogen) atoms. The minimum atomic E-state index is -0.563. The predicted octanol–water partition coefficient (Wildman–Crippen LogP) is 4.67. The van der Waals surface area contributed by atoms with Gasteiger partial charge in [0.05, 0.1) is 27.4 Å². The Morgan fingerprint density at radius 2 is 1.83 bits per heavy atom. The smallest absolute Gasteiger partial charge is 0.268 e. The van der Waals surface area contributed by atoms with Crippen molar-refractivity contribution in [3.63, 3.8) is 0 Å². The molecule has 0 fully saturated rings. The monoisotopic (exact) mass is 512 g/mol. The molecule has 0 bridgehead atoms. The van der Waals surface area contributed by atoms with Crippen molar-refractivity contribution < 1.29 is 23.7 Å². The van der Waals surface area contributed by atoms with Crippen molar-refractivity contribution in [2.24, 2.45) is 0 Å². The fourth-order valence-electron chi connectivity index (χ4n) is 2.82. The molecule has 0 atom stereocenters. The number of anilines is 1. The van der Waals surface area contributed by atoms with Gasteiger partial charge in [0.15, 0.2) is 11.5 Å². The number of amides is 1. The molecule has 11 heteroatoms. The van der Waals surface area contributed by atoms with Crippen molar-refractivity contribution in [3.05, 3.63) is 53.6 Å². The number of carbonyl (C=O) groups excluding carboxylic acids is 1. The van der Waals surface area contributed by atoms with E-state index in [1.807, 2.05) is 36.6 Å². The molecule has 1 heterocycles. The second kappa shape index (κ2) is 13.2. The number of ether oxygens (including phenoxy) is 4. The van der Waals surface area contributed by atoms with Gasteiger partial charge in [-0.25, -0.2) is 0 Å². The van der Waals surface area contributed by atoms with Crippen LogP contribution in [0.5, 0.6) is 23.0 Å². The Balaban J connectivity index is 1.55. The molecular weight excluding hydrogens is 488 g/mol. The van der Waals surface area contributed by atoms with Crippen LogP contribution in [0.3, 0.4) is 0 Å². The van der Waals surface area contributed by atoms with Crippen LogP contribution in [0, 0.1) is 11.3 Å². The van der Waals surface area contributed by atoms with Gasteiger partial charge in [0.2, 0.25) is 10.3 Å². The first-order valence-corrected chi connectivity index (χ1v) is 12.4. The third-order valence-corrected chi connectivity index (χ3v) is 5.84. The van der Waals surface area contributed by atoms with Crippen molar-refractivity contribution in [3.8, 4) is 29.1 Å². The van der Waals surface area contributed by atoms with Crippen molar-refractivity contribution in [2.75, 3.05) is 39.0 Å². The molecule has 1 N–H and O–H groups in total. The van der Waals surface area contributed by atoms with Crippen molar-refractivity contribution in [1.82, 2.24) is 9.36 Å². The largest absolute Gasteiger partial charge is 0.497 e. The summed E-state index contributed by atoms with van der Waals surface area (Å²) in [4.78, 5) is 16.6. The Bertz CT molecular complexity index is 1210. The summed E-state index contributed by atoms with van der Waals surface area (Å²) in [6, 6.07) is 14.5. The average Bonchev–Trinajstić information content (AvgIpc) is 3.35. The zero-order valence-corrected chi connectivity index (χ0v) is 21.1. The molecule has 9 nitrogen and oxygen atoms in total. The number of methoxy groups -OCH3 is 2. The zero-order valence-electron chi connectivity index (χ0n) is 19.4. The molecule has 0 saturated carbocycles. The van der Waals surface area contributed by atoms with Crippen LogP contribution in [-0.2, 0) is 4.79 Å². The maximum absolute atomic E-state index is 12.5. The van der Waals surface area contributed by atoms with Gasteiger partial charge < -0.3 is 18.9 Å². The lowest BCUT2D eigenvalue weighted by Crippen LogP contribution is -2.13. The van der Waals surface area contributed by atoms with Crippen LogP contribution in [0.25, 0.3) is 6.08 Å². The van der Waals surface area contributed by atoms with Gasteiger partial charge in [-0.1, -0.05) is 17.8 Å². The summed E-state index contributed by atoms with van der Waals surface area (Å²) >= 11 is 2.42. The quantitative estimate of drug-likeness (QED) is 0.160. The van der Waals surface area contributed by atoms with Crippen LogP contribution in [0.15, 0.2) is 53.2 Å². The normalized spacial score (nSPS) is 10.9. The van der Waals surface area contributed by atoms with Gasteiger partial charge in [-0.05, 0) is 54.3 Å². The lowest BCUT2D eigenvalue weighted by atomic mass is 10.1. The molecule has 0 aliphatic heterocycles. The third-order valence-electron chi connectivity index (χ3n) is 4.55. The SMILES string of the molecule is COc1ccc(OCCCOc2ccc(/C=C(/C#N)C(=O)Nc3nc(SC)ns3)cc2OC)cc1. The number of rotatable bonds is 12. The van der Waals surface area contributed by atoms with Crippen LogP contribution in [0.2, 0.25) is 0 Å². The number of nitriles is 1. The van der Waals surface area contributed by atoms with Crippen LogP contribution < -0.4 is 24.3 Å². The van der Waals surface area contributed by atoms with Crippen molar-refractivity contribution >= 4 is 40.4 Å². The lowest BCUT2D eigenvalue weighted by Gasteiger charge is -2.12. The molecule has 182 valence electrons. The molecule has 1 aromatic heterocycles. The highest BCUT2D eigenvalue weighted by Gasteiger charge is 2.13. The molecule has 0 radical (unpaired) electrons. The Labute approximate surface area is 211 Å². The number of thioether (sulfide) groups is 1. The first kappa shape index (κ1) is 25.9. The van der Waals surface area contributed by atoms with E-state index in [9.17, 15) is 10.1 Å². The van der Waals surface area contributed by atoms with E-state index < -0.39 is 5.91 Å². The van der Waals surface area contributed by atoms with Gasteiger partial charge in [-0.2, -0.15) is 14.6 Å². The van der Waals surface area contributed by atoms with E-state index in [1.54, 1.807) is 25.3 Å². The summed E-state index contributed by atoms with van der Waals surface area (Å²) in [5.41, 5.74) is 0.545. The fourth-order valence-corrected chi connectivity index (χ4v) is 3.94. The van der Waals surface area contributed by atoms with E-state index in [0.717, 1.165) is 23.0 Å². The van der Waals surface area contributed by atoms with Crippen LogP contribution in [0.4, 0.5) is 5.13 Å². The van der Waals surface area contributed by atoms with Gasteiger partial charge in [0.25, 0.3) is 5.91 Å². The number of benzene rings is 2. The van der Waals surface area contributed by atoms with E-state index in [-0.39, 0.29) is 5.57 Å². The number of hydrogen-bond donors (Lipinski definition) is 1. The summed E-state index contributed by atoms with van der Waals surface area (Å²) in [5.74, 6) is 2.01. The number of nitrogens with one attached hydrogen (secondary N) is 1. The summed E-state index contributed by atoms with van der Waals surface area (Å²) in [7, 11) is 3.14. The molecule has 3 aromatic rings. The number of aromatic nitrogens is 2. The molecule has 0 saturated heterocycles. The van der Waals surface area contributed by atoms with Crippen LogP contribution >= 0.6 is 23.3 Å². The first-order chi connectivity index (χ1) is 17.1. The topological polar surface area (TPSA) is 116 Å². The Morgan fingerprint density at radius 1 is 1.09 bits per heavy atom. The van der Waals surface area contributed by atoms with Crippen molar-refractivity contribution in [2.45, 2.75) is 11.6 Å². The third kappa shape index (κ3) is 7.63. The molecule has 1 amide bonds. The number of hydrogen-bond acceptors (Lipinski definition) is 10. The summed E-state index contributed by atoms with van der Waals surface area (Å²) < 4.78 is 26.1. The minimum absolute atomic E-state index is 0.0719. The van der Waals surface area contributed by atoms with Gasteiger partial charge in [0.1, 0.15) is 23.1 Å². The van der Waals surface area contributed by atoms with Crippen molar-refractivity contribution in [1.29, 1.82) is 5.26 Å². The summed E-state index contributed by atoms with van der Waals surface area (Å²) in [6.45, 7) is 0.913. The highest BCUT2D eigenvalue weighted by molar-refractivity contribution is 7.98. The Hall–Kier alpha value is -3.75. The number of nitrogens with zero attached hydrogens (tertiary/aromatic N) is 3. The molecule has 2 aromatic carbocycles. The van der Waals surface area contributed by atoms with E-state index in [0.29, 0.717) is 47.0 Å². The van der Waals surface area contributed by atoms with Gasteiger partial charge in [-0.3, -0.25) is 10.1 Å². The van der Waals surface area contributed by atoms with E-state index >= 15 is 0 Å². The minimum Gasteiger partial charge on any atom is -0.497 e. The fraction of sp³-hybridized carbons (Fsp3) is 0.250. The second-order valence-electron chi connectivity index (χ2n) is 6.85. The molecule has 0 spiro atoms. The summed E-state index contributed by atoms with van der Waals surface area (Å²) in [5, 5.41) is 12.9. The standard InChI is InChI=1S/C24H24N4O5S2/c1-30-18-6-8-19(9-7-18)32-11-4-12-33-20-10-5-16(14-21(20)31-2)13-17(15-25)22(29)26-23-27-24(34-3)28-35-23/h5-10,13-14H,4,11-12H2,1-3H3,(H,26,27,28,29)/b17-13-. The number of carbonyl (C=O) groups is 1. The van der Waals surface area contributed by atoms with Gasteiger partial charge in [-0.15, -0.1) is 0 Å². The molecule has 0 aliphatic rings. The molecule has 3 rings (SSSR count). The van der Waals surface area contributed by atoms with Gasteiger partial charge in [0, 0.05) is 18.0 Å². The maximum Gasteiger partial charge on any atom is 0.268 e.